The smallest absolute Gasteiger partial charge is 0.272 e. The van der Waals surface area contributed by atoms with E-state index >= 15 is 0 Å². The molecule has 1 aromatic rings. The average molecular weight is 285 g/mol. The monoisotopic (exact) mass is 285 g/mol. The summed E-state index contributed by atoms with van der Waals surface area (Å²) in [5.41, 5.74) is 0.496. The zero-order valence-corrected chi connectivity index (χ0v) is 12.2. The third-order valence-corrected chi connectivity index (χ3v) is 5.27. The summed E-state index contributed by atoms with van der Waals surface area (Å²) >= 11 is 0. The molecule has 1 aliphatic rings. The highest BCUT2D eigenvalue weighted by Crippen LogP contribution is 2.23. The van der Waals surface area contributed by atoms with E-state index in [9.17, 15) is 13.2 Å². The van der Waals surface area contributed by atoms with Crippen molar-refractivity contribution in [3.8, 4) is 0 Å². The Bertz CT molecular complexity index is 591. The number of hydrogen-bond acceptors (Lipinski definition) is 4. The normalized spacial score (nSPS) is 25.7. The van der Waals surface area contributed by atoms with Crippen LogP contribution in [0.15, 0.2) is 6.07 Å². The molecular weight excluding hydrogens is 266 g/mol. The predicted octanol–water partition coefficient (Wildman–Crippen LogP) is 0.840. The van der Waals surface area contributed by atoms with Crippen LogP contribution in [-0.2, 0) is 9.84 Å². The minimum absolute atomic E-state index is 0.00675. The number of amides is 1. The van der Waals surface area contributed by atoms with Gasteiger partial charge in [0.05, 0.1) is 17.0 Å². The van der Waals surface area contributed by atoms with Crippen LogP contribution in [0.25, 0.3) is 0 Å². The molecule has 106 valence electrons. The maximum Gasteiger partial charge on any atom is 0.272 e. The number of nitrogens with zero attached hydrogens (tertiary/aromatic N) is 1. The number of H-pyrrole nitrogens is 1. The summed E-state index contributed by atoms with van der Waals surface area (Å²) in [6.07, 6.45) is 0.447. The number of aromatic amines is 1. The number of nitrogens with one attached hydrogen (secondary N) is 2. The van der Waals surface area contributed by atoms with Gasteiger partial charge >= 0.3 is 0 Å². The van der Waals surface area contributed by atoms with Gasteiger partial charge in [0.25, 0.3) is 5.91 Å². The number of sulfone groups is 1. The molecule has 0 saturated carbocycles. The van der Waals surface area contributed by atoms with Gasteiger partial charge in [0.15, 0.2) is 9.84 Å². The van der Waals surface area contributed by atoms with Gasteiger partial charge in [-0.3, -0.25) is 9.89 Å². The van der Waals surface area contributed by atoms with Crippen LogP contribution in [0.1, 0.15) is 49.3 Å². The highest BCUT2D eigenvalue weighted by Gasteiger charge is 2.39. The van der Waals surface area contributed by atoms with Crippen LogP contribution in [0, 0.1) is 0 Å². The van der Waals surface area contributed by atoms with Crippen molar-refractivity contribution in [3.05, 3.63) is 17.5 Å². The van der Waals surface area contributed by atoms with E-state index in [1.165, 1.54) is 0 Å². The second kappa shape index (κ2) is 4.63. The fourth-order valence-corrected chi connectivity index (χ4v) is 4.29. The van der Waals surface area contributed by atoms with Crippen LogP contribution in [0.3, 0.4) is 0 Å². The molecule has 1 amide bonds. The lowest BCUT2D eigenvalue weighted by Gasteiger charge is -2.23. The Hall–Kier alpha value is -1.37. The fourth-order valence-electron chi connectivity index (χ4n) is 2.20. The van der Waals surface area contributed by atoms with E-state index in [1.54, 1.807) is 13.0 Å². The van der Waals surface area contributed by atoms with E-state index in [0.717, 1.165) is 5.69 Å². The largest absolute Gasteiger partial charge is 0.344 e. The molecule has 0 aromatic carbocycles. The maximum absolute atomic E-state index is 12.1. The van der Waals surface area contributed by atoms with Gasteiger partial charge in [-0.25, -0.2) is 8.42 Å². The number of carbonyl (C=O) groups excluding carboxylic acids is 1. The quantitative estimate of drug-likeness (QED) is 0.861. The molecule has 0 bridgehead atoms. The predicted molar refractivity (Wildman–Crippen MR) is 71.8 cm³/mol. The molecule has 2 rings (SSSR count). The first-order valence-electron chi connectivity index (χ1n) is 6.29. The number of aromatic nitrogens is 2. The van der Waals surface area contributed by atoms with Crippen molar-refractivity contribution in [2.45, 2.75) is 38.6 Å². The summed E-state index contributed by atoms with van der Waals surface area (Å²) < 4.78 is 23.0. The summed E-state index contributed by atoms with van der Waals surface area (Å²) in [7, 11) is -3.03. The number of rotatable bonds is 3. The summed E-state index contributed by atoms with van der Waals surface area (Å²) in [4.78, 5) is 12.1. The van der Waals surface area contributed by atoms with Crippen LogP contribution in [-0.4, -0.2) is 41.6 Å². The third-order valence-electron chi connectivity index (χ3n) is 3.37. The second-order valence-corrected chi connectivity index (χ2v) is 7.90. The second-order valence-electron chi connectivity index (χ2n) is 5.72. The van der Waals surface area contributed by atoms with Crippen molar-refractivity contribution < 1.29 is 13.2 Å². The fraction of sp³-hybridized carbons (Fsp3) is 0.667. The van der Waals surface area contributed by atoms with Gasteiger partial charge in [-0.1, -0.05) is 13.8 Å². The molecule has 2 N–H and O–H groups in total. The molecule has 6 nitrogen and oxygen atoms in total. The van der Waals surface area contributed by atoms with Gasteiger partial charge in [0.2, 0.25) is 0 Å². The average Bonchev–Trinajstić information content (AvgIpc) is 2.83. The zero-order chi connectivity index (χ0) is 14.3. The van der Waals surface area contributed by atoms with E-state index in [4.69, 9.17) is 0 Å². The minimum Gasteiger partial charge on any atom is -0.344 e. The van der Waals surface area contributed by atoms with Crippen LogP contribution >= 0.6 is 0 Å². The van der Waals surface area contributed by atoms with Gasteiger partial charge in [-0.2, -0.15) is 5.10 Å². The van der Waals surface area contributed by atoms with E-state index in [0.29, 0.717) is 12.1 Å². The lowest BCUT2D eigenvalue weighted by atomic mass is 10.0. The lowest BCUT2D eigenvalue weighted by Crippen LogP contribution is -2.47. The molecule has 1 atom stereocenters. The Morgan fingerprint density at radius 3 is 2.68 bits per heavy atom. The highest BCUT2D eigenvalue weighted by atomic mass is 32.2. The summed E-state index contributed by atoms with van der Waals surface area (Å²) in [5, 5.41) is 9.55. The van der Waals surface area contributed by atoms with E-state index in [-0.39, 0.29) is 23.3 Å². The maximum atomic E-state index is 12.1. The van der Waals surface area contributed by atoms with Crippen molar-refractivity contribution >= 4 is 15.7 Å². The van der Waals surface area contributed by atoms with Crippen molar-refractivity contribution in [1.82, 2.24) is 15.5 Å². The van der Waals surface area contributed by atoms with Crippen LogP contribution in [0.2, 0.25) is 0 Å². The van der Waals surface area contributed by atoms with Gasteiger partial charge in [-0.05, 0) is 25.3 Å². The molecule has 1 aliphatic heterocycles. The summed E-state index contributed by atoms with van der Waals surface area (Å²) in [6, 6.07) is 1.70. The zero-order valence-electron chi connectivity index (χ0n) is 11.4. The van der Waals surface area contributed by atoms with Crippen molar-refractivity contribution in [1.29, 1.82) is 0 Å². The Morgan fingerprint density at radius 1 is 1.53 bits per heavy atom. The highest BCUT2D eigenvalue weighted by molar-refractivity contribution is 7.91. The first-order valence-corrected chi connectivity index (χ1v) is 8.11. The molecule has 1 saturated heterocycles. The molecule has 1 fully saturated rings. The van der Waals surface area contributed by atoms with Crippen molar-refractivity contribution in [2.75, 3.05) is 11.5 Å². The molecule has 0 radical (unpaired) electrons. The van der Waals surface area contributed by atoms with Crippen LogP contribution in [0.4, 0.5) is 0 Å². The summed E-state index contributed by atoms with van der Waals surface area (Å²) in [5.74, 6) is 0.0497. The Balaban J connectivity index is 2.09. The first kappa shape index (κ1) is 14.0. The van der Waals surface area contributed by atoms with E-state index < -0.39 is 15.4 Å². The number of hydrogen-bond donors (Lipinski definition) is 2. The number of carbonyl (C=O) groups is 1. The third kappa shape index (κ3) is 3.15. The molecule has 1 aromatic heterocycles. The Labute approximate surface area is 112 Å². The molecule has 7 heteroatoms. The summed E-state index contributed by atoms with van der Waals surface area (Å²) in [6.45, 7) is 5.76. The van der Waals surface area contributed by atoms with Gasteiger partial charge in [0.1, 0.15) is 5.69 Å². The topological polar surface area (TPSA) is 91.9 Å². The van der Waals surface area contributed by atoms with E-state index in [1.807, 2.05) is 13.8 Å². The molecule has 2 heterocycles. The van der Waals surface area contributed by atoms with E-state index in [2.05, 4.69) is 15.5 Å². The molecule has 1 unspecified atom stereocenters. The van der Waals surface area contributed by atoms with Gasteiger partial charge < -0.3 is 5.32 Å². The van der Waals surface area contributed by atoms with Crippen LogP contribution < -0.4 is 5.32 Å². The Morgan fingerprint density at radius 2 is 2.21 bits per heavy atom. The standard InChI is InChI=1S/C12H19N3O3S/c1-8(2)9-6-10(15-14-9)11(16)13-12(3)4-5-19(17,18)7-12/h6,8H,4-5,7H2,1-3H3,(H,13,16)(H,14,15). The first-order chi connectivity index (χ1) is 8.71. The molecule has 19 heavy (non-hydrogen) atoms. The molecule has 0 spiro atoms. The molecule has 0 aliphatic carbocycles. The van der Waals surface area contributed by atoms with Crippen molar-refractivity contribution in [3.63, 3.8) is 0 Å². The molecular formula is C12H19N3O3S. The SMILES string of the molecule is CC(C)c1cc(C(=O)NC2(C)CCS(=O)(=O)C2)n[nH]1. The Kier molecular flexibility index (Phi) is 3.42. The minimum atomic E-state index is -3.03. The van der Waals surface area contributed by atoms with Crippen LogP contribution in [0.5, 0.6) is 0 Å². The lowest BCUT2D eigenvalue weighted by molar-refractivity contribution is 0.0910. The van der Waals surface area contributed by atoms with Gasteiger partial charge in [0, 0.05) is 5.69 Å². The van der Waals surface area contributed by atoms with Crippen molar-refractivity contribution in [2.24, 2.45) is 0 Å². The van der Waals surface area contributed by atoms with Gasteiger partial charge in [-0.15, -0.1) is 0 Å².